The number of nitro benzene ring substituents is 1. The van der Waals surface area contributed by atoms with Gasteiger partial charge in [0.15, 0.2) is 4.96 Å². The summed E-state index contributed by atoms with van der Waals surface area (Å²) in [6.45, 7) is 3.00. The van der Waals surface area contributed by atoms with Gasteiger partial charge in [0.2, 0.25) is 0 Å². The Bertz CT molecular complexity index is 963. The van der Waals surface area contributed by atoms with E-state index in [-0.39, 0.29) is 11.6 Å². The zero-order chi connectivity index (χ0) is 18.7. The van der Waals surface area contributed by atoms with Crippen molar-refractivity contribution >= 4 is 27.9 Å². The van der Waals surface area contributed by atoms with E-state index in [1.165, 1.54) is 23.5 Å². The van der Waals surface area contributed by atoms with Crippen LogP contribution in [0.3, 0.4) is 0 Å². The summed E-state index contributed by atoms with van der Waals surface area (Å²) in [6, 6.07) is 6.34. The zero-order valence-corrected chi connectivity index (χ0v) is 15.2. The Balaban J connectivity index is 1.84. The summed E-state index contributed by atoms with van der Waals surface area (Å²) >= 11 is 1.30. The second-order valence-electron chi connectivity index (χ2n) is 5.71. The van der Waals surface area contributed by atoms with Gasteiger partial charge in [0, 0.05) is 49.8 Å². The Morgan fingerprint density at radius 3 is 2.96 bits per heavy atom. The summed E-state index contributed by atoms with van der Waals surface area (Å²) in [7, 11) is 1.62. The number of rotatable bonds is 7. The Labute approximate surface area is 153 Å². The first kappa shape index (κ1) is 18.0. The lowest BCUT2D eigenvalue weighted by Gasteiger charge is -2.03. The molecule has 3 aromatic rings. The first-order valence-electron chi connectivity index (χ1n) is 8.01. The lowest BCUT2D eigenvalue weighted by Crippen LogP contribution is -2.25. The van der Waals surface area contributed by atoms with Gasteiger partial charge in [-0.1, -0.05) is 23.5 Å². The SMILES string of the molecule is COCCCNC(=O)c1sc2nc(-c3cccc([N+](=O)[O-])c3)cn2c1C. The molecule has 1 aromatic carbocycles. The third kappa shape index (κ3) is 3.58. The molecule has 0 atom stereocenters. The predicted octanol–water partition coefficient (Wildman–Crippen LogP) is 3.05. The summed E-state index contributed by atoms with van der Waals surface area (Å²) in [6.07, 6.45) is 2.54. The molecule has 0 bridgehead atoms. The maximum Gasteiger partial charge on any atom is 0.270 e. The van der Waals surface area contributed by atoms with Crippen molar-refractivity contribution in [3.63, 3.8) is 0 Å². The van der Waals surface area contributed by atoms with Crippen molar-refractivity contribution in [3.8, 4) is 11.3 Å². The highest BCUT2D eigenvalue weighted by Gasteiger charge is 2.18. The van der Waals surface area contributed by atoms with E-state index in [1.54, 1.807) is 25.4 Å². The van der Waals surface area contributed by atoms with Crippen LogP contribution < -0.4 is 5.32 Å². The number of hydrogen-bond acceptors (Lipinski definition) is 6. The molecule has 0 saturated carbocycles. The van der Waals surface area contributed by atoms with Gasteiger partial charge in [-0.3, -0.25) is 19.3 Å². The minimum Gasteiger partial charge on any atom is -0.385 e. The number of hydrogen-bond donors (Lipinski definition) is 1. The van der Waals surface area contributed by atoms with E-state index in [9.17, 15) is 14.9 Å². The number of benzene rings is 1. The number of methoxy groups -OCH3 is 1. The number of thiazole rings is 1. The molecule has 26 heavy (non-hydrogen) atoms. The van der Waals surface area contributed by atoms with Crippen LogP contribution in [0.2, 0.25) is 0 Å². The van der Waals surface area contributed by atoms with Crippen LogP contribution in [-0.2, 0) is 4.74 Å². The normalized spacial score (nSPS) is 11.0. The standard InChI is InChI=1S/C17H18N4O4S/c1-11-15(16(22)18-7-4-8-25-2)26-17-19-14(10-20(11)17)12-5-3-6-13(9-12)21(23)24/h3,5-6,9-10H,4,7-8H2,1-2H3,(H,18,22). The van der Waals surface area contributed by atoms with Crippen LogP contribution >= 0.6 is 11.3 Å². The monoisotopic (exact) mass is 374 g/mol. The first-order valence-corrected chi connectivity index (χ1v) is 8.83. The van der Waals surface area contributed by atoms with Gasteiger partial charge in [-0.2, -0.15) is 0 Å². The second-order valence-corrected chi connectivity index (χ2v) is 6.68. The van der Waals surface area contributed by atoms with E-state index in [1.807, 2.05) is 11.3 Å². The summed E-state index contributed by atoms with van der Waals surface area (Å²) in [5.41, 5.74) is 2.11. The summed E-state index contributed by atoms with van der Waals surface area (Å²) in [5.74, 6) is -0.133. The van der Waals surface area contributed by atoms with Crippen LogP contribution in [0, 0.1) is 17.0 Å². The van der Waals surface area contributed by atoms with Gasteiger partial charge >= 0.3 is 0 Å². The molecule has 1 amide bonds. The van der Waals surface area contributed by atoms with Crippen LogP contribution in [0.4, 0.5) is 5.69 Å². The molecule has 0 aliphatic rings. The van der Waals surface area contributed by atoms with Crippen LogP contribution in [-0.4, -0.2) is 40.5 Å². The van der Waals surface area contributed by atoms with Gasteiger partial charge in [0.25, 0.3) is 11.6 Å². The molecule has 2 aromatic heterocycles. The maximum atomic E-state index is 12.3. The molecule has 0 aliphatic heterocycles. The summed E-state index contributed by atoms with van der Waals surface area (Å²) in [5, 5.41) is 13.8. The molecule has 0 radical (unpaired) electrons. The number of nitrogens with zero attached hydrogens (tertiary/aromatic N) is 3. The van der Waals surface area contributed by atoms with E-state index in [2.05, 4.69) is 10.3 Å². The van der Waals surface area contributed by atoms with Crippen molar-refractivity contribution in [2.75, 3.05) is 20.3 Å². The quantitative estimate of drug-likeness (QED) is 0.389. The molecule has 2 heterocycles. The number of nitrogens with one attached hydrogen (secondary N) is 1. The molecular weight excluding hydrogens is 356 g/mol. The second kappa shape index (κ2) is 7.63. The number of non-ortho nitro benzene ring substituents is 1. The van der Waals surface area contributed by atoms with Crippen LogP contribution in [0.25, 0.3) is 16.2 Å². The van der Waals surface area contributed by atoms with Crippen molar-refractivity contribution < 1.29 is 14.5 Å². The largest absolute Gasteiger partial charge is 0.385 e. The average Bonchev–Trinajstić information content (AvgIpc) is 3.18. The Hall–Kier alpha value is -2.78. The molecule has 8 nitrogen and oxygen atoms in total. The first-order chi connectivity index (χ1) is 12.5. The fourth-order valence-corrected chi connectivity index (χ4v) is 3.60. The maximum absolute atomic E-state index is 12.3. The lowest BCUT2D eigenvalue weighted by molar-refractivity contribution is -0.384. The van der Waals surface area contributed by atoms with Gasteiger partial charge in [-0.05, 0) is 13.3 Å². The van der Waals surface area contributed by atoms with E-state index < -0.39 is 4.92 Å². The van der Waals surface area contributed by atoms with E-state index >= 15 is 0 Å². The highest BCUT2D eigenvalue weighted by molar-refractivity contribution is 7.19. The topological polar surface area (TPSA) is 98.8 Å². The van der Waals surface area contributed by atoms with Crippen molar-refractivity contribution in [1.29, 1.82) is 0 Å². The third-order valence-electron chi connectivity index (χ3n) is 3.93. The molecule has 0 fully saturated rings. The number of aromatic nitrogens is 2. The molecule has 0 unspecified atom stereocenters. The molecule has 9 heteroatoms. The number of aryl methyl sites for hydroxylation is 1. The molecule has 136 valence electrons. The van der Waals surface area contributed by atoms with Crippen LogP contribution in [0.1, 0.15) is 21.8 Å². The number of fused-ring (bicyclic) bond motifs is 1. The zero-order valence-electron chi connectivity index (χ0n) is 14.4. The fourth-order valence-electron chi connectivity index (χ4n) is 2.58. The highest BCUT2D eigenvalue weighted by atomic mass is 32.1. The minimum absolute atomic E-state index is 0.0201. The van der Waals surface area contributed by atoms with Crippen molar-refractivity contribution in [2.45, 2.75) is 13.3 Å². The minimum atomic E-state index is -0.431. The van der Waals surface area contributed by atoms with Gasteiger partial charge in [0.05, 0.1) is 10.6 Å². The Morgan fingerprint density at radius 2 is 2.27 bits per heavy atom. The van der Waals surface area contributed by atoms with Gasteiger partial charge in [-0.15, -0.1) is 0 Å². The smallest absolute Gasteiger partial charge is 0.270 e. The molecule has 0 saturated heterocycles. The Morgan fingerprint density at radius 1 is 1.46 bits per heavy atom. The molecule has 0 spiro atoms. The summed E-state index contributed by atoms with van der Waals surface area (Å²) in [4.78, 5) is 28.6. The fraction of sp³-hybridized carbons (Fsp3) is 0.294. The number of ether oxygens (including phenoxy) is 1. The average molecular weight is 374 g/mol. The molecule has 0 aliphatic carbocycles. The lowest BCUT2D eigenvalue weighted by atomic mass is 10.1. The molecule has 3 rings (SSSR count). The van der Waals surface area contributed by atoms with Crippen molar-refractivity contribution in [3.05, 3.63) is 51.1 Å². The van der Waals surface area contributed by atoms with Crippen molar-refractivity contribution in [1.82, 2.24) is 14.7 Å². The van der Waals surface area contributed by atoms with E-state index in [0.717, 1.165) is 12.1 Å². The van der Waals surface area contributed by atoms with Crippen molar-refractivity contribution in [2.24, 2.45) is 0 Å². The van der Waals surface area contributed by atoms with Gasteiger partial charge < -0.3 is 10.1 Å². The van der Waals surface area contributed by atoms with Gasteiger partial charge in [-0.25, -0.2) is 4.98 Å². The molecular formula is C17H18N4O4S. The Kier molecular flexibility index (Phi) is 5.29. The summed E-state index contributed by atoms with van der Waals surface area (Å²) < 4.78 is 6.80. The third-order valence-corrected chi connectivity index (χ3v) is 5.08. The number of amides is 1. The number of carbonyl (C=O) groups is 1. The van der Waals surface area contributed by atoms with E-state index in [0.29, 0.717) is 34.2 Å². The van der Waals surface area contributed by atoms with Gasteiger partial charge in [0.1, 0.15) is 4.88 Å². The number of carbonyl (C=O) groups excluding carboxylic acids is 1. The van der Waals surface area contributed by atoms with E-state index in [4.69, 9.17) is 4.74 Å². The predicted molar refractivity (Wildman–Crippen MR) is 98.7 cm³/mol. The van der Waals surface area contributed by atoms with Crippen LogP contribution in [0.5, 0.6) is 0 Å². The highest BCUT2D eigenvalue weighted by Crippen LogP contribution is 2.28. The number of nitro groups is 1. The molecule has 1 N–H and O–H groups in total. The number of imidazole rings is 1. The van der Waals surface area contributed by atoms with Crippen LogP contribution in [0.15, 0.2) is 30.5 Å².